The molecule has 1 saturated heterocycles. The highest BCUT2D eigenvalue weighted by Gasteiger charge is 2.35. The highest BCUT2D eigenvalue weighted by atomic mass is 16.5. The molecule has 1 aliphatic heterocycles. The van der Waals surface area contributed by atoms with Crippen molar-refractivity contribution in [2.24, 2.45) is 0 Å². The Hall–Kier alpha value is -1.96. The number of anilines is 1. The lowest BCUT2D eigenvalue weighted by Crippen LogP contribution is -2.31. The average molecular weight is 250 g/mol. The van der Waals surface area contributed by atoms with Gasteiger partial charge in [0, 0.05) is 6.61 Å². The first-order valence-corrected chi connectivity index (χ1v) is 5.84. The largest absolute Gasteiger partial charge is 0.367 e. The first-order valence-electron chi connectivity index (χ1n) is 5.84. The van der Waals surface area contributed by atoms with E-state index in [0.29, 0.717) is 11.6 Å². The van der Waals surface area contributed by atoms with E-state index in [4.69, 9.17) is 15.0 Å². The second-order valence-electron chi connectivity index (χ2n) is 4.50. The fourth-order valence-electron chi connectivity index (χ4n) is 2.02. The van der Waals surface area contributed by atoms with Gasteiger partial charge in [-0.15, -0.1) is 5.10 Å². The maximum Gasteiger partial charge on any atom is 0.295 e. The van der Waals surface area contributed by atoms with Gasteiger partial charge in [-0.05, 0) is 26.2 Å². The lowest BCUT2D eigenvalue weighted by atomic mass is 9.95. The minimum Gasteiger partial charge on any atom is -0.367 e. The van der Waals surface area contributed by atoms with Crippen LogP contribution in [0.5, 0.6) is 0 Å². The van der Waals surface area contributed by atoms with Crippen LogP contribution in [-0.4, -0.2) is 31.9 Å². The molecule has 1 aliphatic rings. The normalized spacial score (nSPS) is 24.3. The molecule has 8 nitrogen and oxygen atoms in total. The van der Waals surface area contributed by atoms with Gasteiger partial charge in [-0.25, -0.2) is 0 Å². The van der Waals surface area contributed by atoms with Crippen LogP contribution in [0.1, 0.15) is 32.0 Å². The fraction of sp³-hybridized carbons (Fsp3) is 0.600. The van der Waals surface area contributed by atoms with E-state index in [1.807, 2.05) is 6.92 Å². The van der Waals surface area contributed by atoms with Crippen molar-refractivity contribution in [2.75, 3.05) is 12.3 Å². The van der Waals surface area contributed by atoms with Crippen molar-refractivity contribution in [3.63, 3.8) is 0 Å². The summed E-state index contributed by atoms with van der Waals surface area (Å²) in [5.41, 5.74) is 4.94. The molecule has 0 radical (unpaired) electrons. The third-order valence-electron chi connectivity index (χ3n) is 3.07. The Morgan fingerprint density at radius 2 is 2.22 bits per heavy atom. The van der Waals surface area contributed by atoms with Crippen LogP contribution in [0.4, 0.5) is 5.95 Å². The number of nitrogens with one attached hydrogen (secondary N) is 1. The predicted octanol–water partition coefficient (Wildman–Crippen LogP) is 0.853. The molecule has 0 aliphatic carbocycles. The molecule has 3 heterocycles. The van der Waals surface area contributed by atoms with E-state index in [2.05, 4.69) is 25.3 Å². The zero-order valence-electron chi connectivity index (χ0n) is 10.0. The Balaban J connectivity index is 1.89. The lowest BCUT2D eigenvalue weighted by molar-refractivity contribution is -0.0770. The molecule has 3 rings (SSSR count). The van der Waals surface area contributed by atoms with Crippen LogP contribution >= 0.6 is 0 Å². The molecule has 0 aromatic carbocycles. The standard InChI is InChI=1S/C10H14N6O2/c1-10(4-2-3-5-17-10)8-13-7(18-16-8)6-12-9(11)15-14-6/h2-5H2,1H3,(H3,11,12,14,15). The molecule has 2 aromatic rings. The molecule has 8 heteroatoms. The van der Waals surface area contributed by atoms with Crippen LogP contribution < -0.4 is 5.73 Å². The van der Waals surface area contributed by atoms with Crippen molar-refractivity contribution in [3.05, 3.63) is 5.82 Å². The van der Waals surface area contributed by atoms with Crippen molar-refractivity contribution in [1.29, 1.82) is 0 Å². The van der Waals surface area contributed by atoms with E-state index in [0.717, 1.165) is 25.9 Å². The Bertz CT molecular complexity index is 542. The SMILES string of the molecule is CC1(c2noc(-c3nc(N)n[nH]3)n2)CCCCO1. The van der Waals surface area contributed by atoms with E-state index < -0.39 is 5.60 Å². The van der Waals surface area contributed by atoms with Gasteiger partial charge in [-0.1, -0.05) is 5.16 Å². The summed E-state index contributed by atoms with van der Waals surface area (Å²) in [7, 11) is 0. The molecule has 3 N–H and O–H groups in total. The highest BCUT2D eigenvalue weighted by Crippen LogP contribution is 2.33. The Labute approximate surface area is 103 Å². The quantitative estimate of drug-likeness (QED) is 0.811. The van der Waals surface area contributed by atoms with Crippen LogP contribution in [0.25, 0.3) is 11.7 Å². The van der Waals surface area contributed by atoms with E-state index in [1.165, 1.54) is 0 Å². The lowest BCUT2D eigenvalue weighted by Gasteiger charge is -2.30. The van der Waals surface area contributed by atoms with Crippen molar-refractivity contribution in [3.8, 4) is 11.7 Å². The van der Waals surface area contributed by atoms with Crippen molar-refractivity contribution in [1.82, 2.24) is 25.3 Å². The number of rotatable bonds is 2. The number of ether oxygens (including phenoxy) is 1. The molecule has 96 valence electrons. The van der Waals surface area contributed by atoms with Crippen LogP contribution in [0, 0.1) is 0 Å². The number of aromatic nitrogens is 5. The smallest absolute Gasteiger partial charge is 0.295 e. The van der Waals surface area contributed by atoms with Crippen LogP contribution in [0.2, 0.25) is 0 Å². The summed E-state index contributed by atoms with van der Waals surface area (Å²) in [6.45, 7) is 2.69. The summed E-state index contributed by atoms with van der Waals surface area (Å²) >= 11 is 0. The van der Waals surface area contributed by atoms with Crippen molar-refractivity contribution < 1.29 is 9.26 Å². The van der Waals surface area contributed by atoms with Gasteiger partial charge in [0.05, 0.1) is 0 Å². The van der Waals surface area contributed by atoms with Crippen molar-refractivity contribution >= 4 is 5.95 Å². The summed E-state index contributed by atoms with van der Waals surface area (Å²) in [4.78, 5) is 8.23. The number of nitrogen functional groups attached to an aromatic ring is 1. The molecule has 1 fully saturated rings. The molecule has 1 atom stereocenters. The van der Waals surface area contributed by atoms with Gasteiger partial charge < -0.3 is 15.0 Å². The monoisotopic (exact) mass is 250 g/mol. The number of hydrogen-bond acceptors (Lipinski definition) is 7. The number of nitrogens with zero attached hydrogens (tertiary/aromatic N) is 4. The maximum absolute atomic E-state index is 5.75. The van der Waals surface area contributed by atoms with Crippen LogP contribution in [-0.2, 0) is 10.3 Å². The van der Waals surface area contributed by atoms with Crippen LogP contribution in [0.15, 0.2) is 4.52 Å². The van der Waals surface area contributed by atoms with E-state index >= 15 is 0 Å². The first-order chi connectivity index (χ1) is 8.67. The second kappa shape index (κ2) is 4.05. The minimum absolute atomic E-state index is 0.143. The van der Waals surface area contributed by atoms with Gasteiger partial charge in [0.2, 0.25) is 17.6 Å². The summed E-state index contributed by atoms with van der Waals surface area (Å²) < 4.78 is 10.9. The van der Waals surface area contributed by atoms with Gasteiger partial charge in [-0.2, -0.15) is 9.97 Å². The summed E-state index contributed by atoms with van der Waals surface area (Å²) in [6.07, 6.45) is 3.04. The van der Waals surface area contributed by atoms with Crippen LogP contribution in [0.3, 0.4) is 0 Å². The van der Waals surface area contributed by atoms with Gasteiger partial charge in [0.15, 0.2) is 0 Å². The predicted molar refractivity (Wildman–Crippen MR) is 61.2 cm³/mol. The third kappa shape index (κ3) is 1.84. The molecule has 18 heavy (non-hydrogen) atoms. The molecule has 0 spiro atoms. The third-order valence-corrected chi connectivity index (χ3v) is 3.07. The maximum atomic E-state index is 5.75. The van der Waals surface area contributed by atoms with Gasteiger partial charge in [0.25, 0.3) is 5.89 Å². The van der Waals surface area contributed by atoms with Gasteiger partial charge in [0.1, 0.15) is 5.60 Å². The van der Waals surface area contributed by atoms with E-state index in [9.17, 15) is 0 Å². The minimum atomic E-state index is -0.481. The Morgan fingerprint density at radius 3 is 2.89 bits per heavy atom. The molecule has 0 saturated carbocycles. The van der Waals surface area contributed by atoms with Crippen molar-refractivity contribution in [2.45, 2.75) is 31.8 Å². The Morgan fingerprint density at radius 1 is 1.33 bits per heavy atom. The summed E-state index contributed by atoms with van der Waals surface area (Å²) in [5.74, 6) is 1.31. The topological polar surface area (TPSA) is 116 Å². The summed E-state index contributed by atoms with van der Waals surface area (Å²) in [6, 6.07) is 0. The van der Waals surface area contributed by atoms with Gasteiger partial charge in [-0.3, -0.25) is 5.10 Å². The fourth-order valence-corrected chi connectivity index (χ4v) is 2.02. The highest BCUT2D eigenvalue weighted by molar-refractivity contribution is 5.41. The molecule has 2 aromatic heterocycles. The zero-order valence-corrected chi connectivity index (χ0v) is 10.0. The zero-order chi connectivity index (χ0) is 12.6. The number of H-pyrrole nitrogens is 1. The molecule has 0 bridgehead atoms. The molecular weight excluding hydrogens is 236 g/mol. The summed E-state index contributed by atoms with van der Waals surface area (Å²) in [5, 5.41) is 10.3. The Kier molecular flexibility index (Phi) is 2.51. The first kappa shape index (κ1) is 11.1. The van der Waals surface area contributed by atoms with E-state index in [-0.39, 0.29) is 11.8 Å². The molecular formula is C10H14N6O2. The van der Waals surface area contributed by atoms with Gasteiger partial charge >= 0.3 is 0 Å². The number of aromatic amines is 1. The van der Waals surface area contributed by atoms with E-state index in [1.54, 1.807) is 0 Å². The molecule has 0 amide bonds. The second-order valence-corrected chi connectivity index (χ2v) is 4.50. The number of hydrogen-bond donors (Lipinski definition) is 2. The average Bonchev–Trinajstić information content (AvgIpc) is 2.98. The molecule has 1 unspecified atom stereocenters. The number of nitrogens with two attached hydrogens (primary N) is 1.